The van der Waals surface area contributed by atoms with E-state index in [-0.39, 0.29) is 34.7 Å². The van der Waals surface area contributed by atoms with Gasteiger partial charge >= 0.3 is 0 Å². The Morgan fingerprint density at radius 3 is 2.66 bits per heavy atom. The second-order valence-corrected chi connectivity index (χ2v) is 9.07. The van der Waals surface area contributed by atoms with Crippen molar-refractivity contribution in [2.75, 3.05) is 20.3 Å². The average Bonchev–Trinajstić information content (AvgIpc) is 3.20. The molecule has 1 N–H and O–H groups in total. The molecule has 0 atom stereocenters. The molecule has 0 unspecified atom stereocenters. The van der Waals surface area contributed by atoms with Crippen molar-refractivity contribution < 1.29 is 17.9 Å². The summed E-state index contributed by atoms with van der Waals surface area (Å²) in [6.07, 6.45) is 0. The van der Waals surface area contributed by atoms with Gasteiger partial charge in [-0.05, 0) is 36.4 Å². The largest absolute Gasteiger partial charge is 0.495 e. The van der Waals surface area contributed by atoms with Gasteiger partial charge in [0, 0.05) is 23.2 Å². The highest BCUT2D eigenvalue weighted by Crippen LogP contribution is 2.27. The molecule has 32 heavy (non-hydrogen) atoms. The summed E-state index contributed by atoms with van der Waals surface area (Å²) < 4.78 is 39.9. The van der Waals surface area contributed by atoms with Crippen LogP contribution in [0.1, 0.15) is 0 Å². The topological polar surface area (TPSA) is 108 Å². The van der Waals surface area contributed by atoms with E-state index in [4.69, 9.17) is 32.7 Å². The van der Waals surface area contributed by atoms with Gasteiger partial charge in [0.1, 0.15) is 17.3 Å². The molecular formula is C20H17Cl2N5O4S. The minimum Gasteiger partial charge on any atom is -0.495 e. The third kappa shape index (κ3) is 4.63. The molecule has 2 aromatic carbocycles. The number of rotatable bonds is 8. The smallest absolute Gasteiger partial charge is 0.244 e. The van der Waals surface area contributed by atoms with Crippen molar-refractivity contribution >= 4 is 38.9 Å². The molecule has 12 heteroatoms. The van der Waals surface area contributed by atoms with Crippen LogP contribution in [-0.2, 0) is 10.0 Å². The molecule has 0 saturated heterocycles. The highest BCUT2D eigenvalue weighted by atomic mass is 35.5. The highest BCUT2D eigenvalue weighted by molar-refractivity contribution is 7.89. The zero-order chi connectivity index (χ0) is 22.7. The molecule has 0 aliphatic rings. The molecule has 9 nitrogen and oxygen atoms in total. The van der Waals surface area contributed by atoms with E-state index in [1.165, 1.54) is 23.8 Å². The first kappa shape index (κ1) is 22.3. The fraction of sp³-hybridized carbons (Fsp3) is 0.150. The molecule has 2 heterocycles. The first-order valence-corrected chi connectivity index (χ1v) is 11.6. The maximum absolute atomic E-state index is 12.6. The summed E-state index contributed by atoms with van der Waals surface area (Å²) in [6, 6.07) is 14.9. The number of hydrogen-bond acceptors (Lipinski definition) is 7. The minimum atomic E-state index is -3.85. The number of aromatic nitrogens is 4. The van der Waals surface area contributed by atoms with Gasteiger partial charge in [-0.25, -0.2) is 13.1 Å². The van der Waals surface area contributed by atoms with Gasteiger partial charge in [0.05, 0.1) is 12.1 Å². The number of benzene rings is 2. The van der Waals surface area contributed by atoms with Crippen molar-refractivity contribution in [2.45, 2.75) is 4.90 Å². The number of sulfonamides is 1. The van der Waals surface area contributed by atoms with Crippen LogP contribution in [0, 0.1) is 0 Å². The number of ether oxygens (including phenoxy) is 2. The standard InChI is InChI=1S/C20H17Cl2N5O4S/c1-30-16-7-6-13(21)12-17(16)32(28,29)23-10-11-31-19-9-8-18-24-25-20(27(18)26-19)14-4-2-3-5-15(14)22/h2-9,12,23H,10-11H2,1H3. The zero-order valence-corrected chi connectivity index (χ0v) is 19.0. The minimum absolute atomic E-state index is 0.00271. The lowest BCUT2D eigenvalue weighted by Crippen LogP contribution is -2.28. The molecule has 166 valence electrons. The van der Waals surface area contributed by atoms with Crippen LogP contribution in [-0.4, -0.2) is 48.5 Å². The summed E-state index contributed by atoms with van der Waals surface area (Å²) in [6.45, 7) is 0.0292. The SMILES string of the molecule is COc1ccc(Cl)cc1S(=O)(=O)NCCOc1ccc2nnc(-c3ccccc3Cl)n2n1. The van der Waals surface area contributed by atoms with Crippen molar-refractivity contribution in [3.05, 3.63) is 64.6 Å². The van der Waals surface area contributed by atoms with Crippen molar-refractivity contribution in [3.63, 3.8) is 0 Å². The molecule has 0 radical (unpaired) electrons. The summed E-state index contributed by atoms with van der Waals surface area (Å²) in [4.78, 5) is -0.0547. The van der Waals surface area contributed by atoms with Gasteiger partial charge in [0.2, 0.25) is 15.9 Å². The van der Waals surface area contributed by atoms with Gasteiger partial charge in [-0.15, -0.1) is 15.3 Å². The summed E-state index contributed by atoms with van der Waals surface area (Å²) in [5, 5.41) is 13.4. The zero-order valence-electron chi connectivity index (χ0n) is 16.7. The Hall–Kier alpha value is -2.92. The maximum atomic E-state index is 12.6. The van der Waals surface area contributed by atoms with E-state index in [1.807, 2.05) is 18.2 Å². The molecule has 0 bridgehead atoms. The lowest BCUT2D eigenvalue weighted by Gasteiger charge is -2.11. The van der Waals surface area contributed by atoms with Crippen LogP contribution < -0.4 is 14.2 Å². The van der Waals surface area contributed by atoms with Gasteiger partial charge in [-0.3, -0.25) is 0 Å². The Labute approximate surface area is 193 Å². The summed E-state index contributed by atoms with van der Waals surface area (Å²) >= 11 is 12.2. The van der Waals surface area contributed by atoms with Gasteiger partial charge in [0.25, 0.3) is 0 Å². The van der Waals surface area contributed by atoms with Crippen LogP contribution in [0.3, 0.4) is 0 Å². The maximum Gasteiger partial charge on any atom is 0.244 e. The Kier molecular flexibility index (Phi) is 6.47. The predicted molar refractivity (Wildman–Crippen MR) is 120 cm³/mol. The number of fused-ring (bicyclic) bond motifs is 1. The van der Waals surface area contributed by atoms with Crippen LogP contribution >= 0.6 is 23.2 Å². The number of halogens is 2. The third-order valence-electron chi connectivity index (χ3n) is 4.41. The van der Waals surface area contributed by atoms with Crippen LogP contribution in [0.25, 0.3) is 17.0 Å². The van der Waals surface area contributed by atoms with Gasteiger partial charge in [-0.2, -0.15) is 4.52 Å². The lowest BCUT2D eigenvalue weighted by atomic mass is 10.2. The molecule has 4 rings (SSSR count). The summed E-state index contributed by atoms with van der Waals surface area (Å²) in [5.41, 5.74) is 1.19. The Bertz CT molecular complexity index is 1380. The monoisotopic (exact) mass is 493 g/mol. The fourth-order valence-corrected chi connectivity index (χ4v) is 4.59. The van der Waals surface area contributed by atoms with E-state index in [0.29, 0.717) is 22.1 Å². The second-order valence-electron chi connectivity index (χ2n) is 6.49. The van der Waals surface area contributed by atoms with Crippen LogP contribution in [0.5, 0.6) is 11.6 Å². The van der Waals surface area contributed by atoms with E-state index in [0.717, 1.165) is 0 Å². The normalized spacial score (nSPS) is 11.6. The van der Waals surface area contributed by atoms with E-state index in [1.54, 1.807) is 24.3 Å². The summed E-state index contributed by atoms with van der Waals surface area (Å²) in [7, 11) is -2.47. The number of hydrogen-bond donors (Lipinski definition) is 1. The lowest BCUT2D eigenvalue weighted by molar-refractivity contribution is 0.305. The van der Waals surface area contributed by atoms with Gasteiger partial charge < -0.3 is 9.47 Å². The molecule has 0 aliphatic heterocycles. The highest BCUT2D eigenvalue weighted by Gasteiger charge is 2.20. The van der Waals surface area contributed by atoms with Crippen molar-refractivity contribution in [1.29, 1.82) is 0 Å². The van der Waals surface area contributed by atoms with E-state index in [2.05, 4.69) is 20.0 Å². The quantitative estimate of drug-likeness (QED) is 0.374. The molecule has 2 aromatic heterocycles. The molecule has 0 amide bonds. The fourth-order valence-electron chi connectivity index (χ4n) is 2.93. The van der Waals surface area contributed by atoms with Gasteiger partial charge in [0.15, 0.2) is 11.5 Å². The van der Waals surface area contributed by atoms with Crippen molar-refractivity contribution in [2.24, 2.45) is 0 Å². The molecule has 0 aliphatic carbocycles. The Balaban J connectivity index is 1.46. The Morgan fingerprint density at radius 1 is 1.06 bits per heavy atom. The molecule has 0 saturated carbocycles. The van der Waals surface area contributed by atoms with Gasteiger partial charge in [-0.1, -0.05) is 35.3 Å². The predicted octanol–water partition coefficient (Wildman–Crippen LogP) is 3.46. The number of methoxy groups -OCH3 is 1. The van der Waals surface area contributed by atoms with E-state index < -0.39 is 10.0 Å². The first-order chi connectivity index (χ1) is 15.4. The first-order valence-electron chi connectivity index (χ1n) is 9.32. The molecular weight excluding hydrogens is 477 g/mol. The van der Waals surface area contributed by atoms with Crippen LogP contribution in [0.15, 0.2) is 59.5 Å². The van der Waals surface area contributed by atoms with E-state index in [9.17, 15) is 8.42 Å². The van der Waals surface area contributed by atoms with Crippen molar-refractivity contribution in [3.8, 4) is 23.0 Å². The Morgan fingerprint density at radius 2 is 1.88 bits per heavy atom. The average molecular weight is 494 g/mol. The molecule has 0 fully saturated rings. The van der Waals surface area contributed by atoms with Crippen molar-refractivity contribution in [1.82, 2.24) is 24.5 Å². The second kappa shape index (κ2) is 9.29. The van der Waals surface area contributed by atoms with E-state index >= 15 is 0 Å². The van der Waals surface area contributed by atoms with Crippen LogP contribution in [0.4, 0.5) is 0 Å². The third-order valence-corrected chi connectivity index (χ3v) is 6.46. The summed E-state index contributed by atoms with van der Waals surface area (Å²) in [5.74, 6) is 0.921. The number of nitrogens with one attached hydrogen (secondary N) is 1. The molecule has 4 aromatic rings. The number of nitrogens with zero attached hydrogens (tertiary/aromatic N) is 4. The van der Waals surface area contributed by atoms with Crippen LogP contribution in [0.2, 0.25) is 10.0 Å². The molecule has 0 spiro atoms.